The van der Waals surface area contributed by atoms with Crippen molar-refractivity contribution in [2.24, 2.45) is 0 Å². The molecule has 0 radical (unpaired) electrons. The number of carbonyl (C=O) groups excluding carboxylic acids is 2. The fourth-order valence-corrected chi connectivity index (χ4v) is 0.420. The predicted octanol–water partition coefficient (Wildman–Crippen LogP) is -0.655. The Balaban J connectivity index is 3.58. The highest BCUT2D eigenvalue weighted by molar-refractivity contribution is 6.27. The molecule has 0 unspecified atom stereocenters. The van der Waals surface area contributed by atoms with Crippen LogP contribution in [0.2, 0.25) is 0 Å². The van der Waals surface area contributed by atoms with Crippen LogP contribution in [0, 0.1) is 0 Å². The Hall–Kier alpha value is -0.770. The zero-order valence-electron chi connectivity index (χ0n) is 4.93. The van der Waals surface area contributed by atoms with Crippen molar-refractivity contribution < 1.29 is 9.59 Å². The summed E-state index contributed by atoms with van der Waals surface area (Å²) in [5, 5.41) is 1.01. The van der Waals surface area contributed by atoms with Crippen molar-refractivity contribution in [3.05, 3.63) is 0 Å². The van der Waals surface area contributed by atoms with Crippen LogP contribution < -0.4 is 5.43 Å². The van der Waals surface area contributed by atoms with Crippen LogP contribution in [0.3, 0.4) is 0 Å². The SMILES string of the molecule is CN(NC=O)C(=O)CCl. The van der Waals surface area contributed by atoms with E-state index in [-0.39, 0.29) is 11.8 Å². The number of hydrogen-bond acceptors (Lipinski definition) is 2. The van der Waals surface area contributed by atoms with Crippen LogP contribution in [0.4, 0.5) is 0 Å². The summed E-state index contributed by atoms with van der Waals surface area (Å²) in [6, 6.07) is 0. The second-order valence-electron chi connectivity index (χ2n) is 1.33. The van der Waals surface area contributed by atoms with E-state index in [2.05, 4.69) is 5.43 Å². The first-order valence-corrected chi connectivity index (χ1v) is 2.78. The molecule has 0 fully saturated rings. The van der Waals surface area contributed by atoms with E-state index < -0.39 is 0 Å². The van der Waals surface area contributed by atoms with Gasteiger partial charge in [-0.3, -0.25) is 20.0 Å². The average molecular weight is 151 g/mol. The van der Waals surface area contributed by atoms with Crippen molar-refractivity contribution in [1.82, 2.24) is 10.4 Å². The molecule has 4 nitrogen and oxygen atoms in total. The number of nitrogens with one attached hydrogen (secondary N) is 1. The minimum atomic E-state index is -0.344. The molecule has 0 rings (SSSR count). The molecule has 0 aromatic heterocycles. The zero-order valence-corrected chi connectivity index (χ0v) is 5.68. The molecule has 0 saturated carbocycles. The summed E-state index contributed by atoms with van der Waals surface area (Å²) in [5.41, 5.74) is 2.11. The van der Waals surface area contributed by atoms with Crippen molar-refractivity contribution in [1.29, 1.82) is 0 Å². The van der Waals surface area contributed by atoms with Gasteiger partial charge in [-0.15, -0.1) is 11.6 Å². The van der Waals surface area contributed by atoms with E-state index in [1.54, 1.807) is 0 Å². The number of halogens is 1. The quantitative estimate of drug-likeness (QED) is 0.330. The van der Waals surface area contributed by atoms with Gasteiger partial charge in [0, 0.05) is 7.05 Å². The largest absolute Gasteiger partial charge is 0.277 e. The van der Waals surface area contributed by atoms with E-state index in [0.29, 0.717) is 6.41 Å². The summed E-state index contributed by atoms with van der Waals surface area (Å²) in [7, 11) is 1.42. The normalized spacial score (nSPS) is 8.22. The number of amides is 2. The number of rotatable bonds is 3. The molecular weight excluding hydrogens is 144 g/mol. The summed E-state index contributed by atoms with van der Waals surface area (Å²) in [6.45, 7) is 0. The van der Waals surface area contributed by atoms with Gasteiger partial charge in [-0.1, -0.05) is 0 Å². The minimum absolute atomic E-state index is 0.128. The summed E-state index contributed by atoms with van der Waals surface area (Å²) < 4.78 is 0. The Morgan fingerprint density at radius 2 is 2.44 bits per heavy atom. The van der Waals surface area contributed by atoms with Gasteiger partial charge in [-0.2, -0.15) is 0 Å². The summed E-state index contributed by atoms with van der Waals surface area (Å²) in [5.74, 6) is -0.471. The van der Waals surface area contributed by atoms with Gasteiger partial charge >= 0.3 is 0 Å². The lowest BCUT2D eigenvalue weighted by Gasteiger charge is -2.11. The van der Waals surface area contributed by atoms with E-state index in [4.69, 9.17) is 11.6 Å². The van der Waals surface area contributed by atoms with E-state index in [1.807, 2.05) is 0 Å². The highest BCUT2D eigenvalue weighted by atomic mass is 35.5. The Morgan fingerprint density at radius 3 is 2.78 bits per heavy atom. The van der Waals surface area contributed by atoms with Gasteiger partial charge < -0.3 is 0 Å². The van der Waals surface area contributed by atoms with Crippen LogP contribution in [0.1, 0.15) is 0 Å². The maximum Gasteiger partial charge on any atom is 0.255 e. The second kappa shape index (κ2) is 4.14. The highest BCUT2D eigenvalue weighted by Crippen LogP contribution is 1.80. The van der Waals surface area contributed by atoms with E-state index in [1.165, 1.54) is 7.05 Å². The van der Waals surface area contributed by atoms with Gasteiger partial charge in [-0.25, -0.2) is 0 Å². The van der Waals surface area contributed by atoms with Crippen LogP contribution >= 0.6 is 11.6 Å². The monoisotopic (exact) mass is 150 g/mol. The summed E-state index contributed by atoms with van der Waals surface area (Å²) >= 11 is 5.14. The number of nitrogens with zero attached hydrogens (tertiary/aromatic N) is 1. The summed E-state index contributed by atoms with van der Waals surface area (Å²) in [4.78, 5) is 20.2. The van der Waals surface area contributed by atoms with Crippen LogP contribution in [0.25, 0.3) is 0 Å². The van der Waals surface area contributed by atoms with Crippen molar-refractivity contribution in [2.45, 2.75) is 0 Å². The molecule has 0 atom stereocenters. The lowest BCUT2D eigenvalue weighted by Crippen LogP contribution is -2.39. The van der Waals surface area contributed by atoms with Crippen molar-refractivity contribution in [2.75, 3.05) is 12.9 Å². The number of carbonyl (C=O) groups is 2. The van der Waals surface area contributed by atoms with Gasteiger partial charge in [0.1, 0.15) is 5.88 Å². The first-order chi connectivity index (χ1) is 4.22. The number of alkyl halides is 1. The first-order valence-electron chi connectivity index (χ1n) is 2.24. The molecule has 9 heavy (non-hydrogen) atoms. The third-order valence-electron chi connectivity index (χ3n) is 0.735. The molecule has 0 aliphatic heterocycles. The van der Waals surface area contributed by atoms with Gasteiger partial charge in [0.2, 0.25) is 6.41 Å². The molecule has 2 amide bonds. The predicted molar refractivity (Wildman–Crippen MR) is 32.7 cm³/mol. The zero-order chi connectivity index (χ0) is 7.28. The highest BCUT2D eigenvalue weighted by Gasteiger charge is 2.02. The molecule has 0 heterocycles. The van der Waals surface area contributed by atoms with Gasteiger partial charge in [-0.05, 0) is 0 Å². The molecule has 52 valence electrons. The molecule has 0 aromatic carbocycles. The Kier molecular flexibility index (Phi) is 3.79. The van der Waals surface area contributed by atoms with Crippen LogP contribution in [0.15, 0.2) is 0 Å². The standard InChI is InChI=1S/C4H7ClN2O2/c1-7(6-3-8)4(9)2-5/h3H,2H2,1H3,(H,6,8). The molecule has 0 aromatic rings. The van der Waals surface area contributed by atoms with E-state index in [9.17, 15) is 9.59 Å². The molecule has 0 bridgehead atoms. The van der Waals surface area contributed by atoms with Gasteiger partial charge in [0.25, 0.3) is 5.91 Å². The van der Waals surface area contributed by atoms with E-state index >= 15 is 0 Å². The van der Waals surface area contributed by atoms with Gasteiger partial charge in [0.15, 0.2) is 0 Å². The third-order valence-corrected chi connectivity index (χ3v) is 0.963. The van der Waals surface area contributed by atoms with Crippen molar-refractivity contribution >= 4 is 23.9 Å². The number of hydrogen-bond donors (Lipinski definition) is 1. The molecule has 1 N–H and O–H groups in total. The Morgan fingerprint density at radius 1 is 1.89 bits per heavy atom. The molecule has 0 aliphatic rings. The van der Waals surface area contributed by atoms with E-state index in [0.717, 1.165) is 5.01 Å². The van der Waals surface area contributed by atoms with Crippen molar-refractivity contribution in [3.63, 3.8) is 0 Å². The molecule has 5 heteroatoms. The minimum Gasteiger partial charge on any atom is -0.277 e. The Bertz CT molecular complexity index is 117. The lowest BCUT2D eigenvalue weighted by atomic mass is 10.7. The molecule has 0 spiro atoms. The van der Waals surface area contributed by atoms with Crippen molar-refractivity contribution in [3.8, 4) is 0 Å². The summed E-state index contributed by atoms with van der Waals surface area (Å²) in [6.07, 6.45) is 0.407. The Labute approximate surface area is 57.7 Å². The van der Waals surface area contributed by atoms with Crippen LogP contribution in [-0.4, -0.2) is 30.3 Å². The number of hydrazine groups is 1. The van der Waals surface area contributed by atoms with Gasteiger partial charge in [0.05, 0.1) is 0 Å². The molecular formula is C4H7ClN2O2. The molecule has 0 saturated heterocycles. The lowest BCUT2D eigenvalue weighted by molar-refractivity contribution is -0.133. The fraction of sp³-hybridized carbons (Fsp3) is 0.500. The topological polar surface area (TPSA) is 49.4 Å². The average Bonchev–Trinajstić information content (AvgIpc) is 1.87. The maximum absolute atomic E-state index is 10.5. The smallest absolute Gasteiger partial charge is 0.255 e. The second-order valence-corrected chi connectivity index (χ2v) is 1.60. The van der Waals surface area contributed by atoms with Crippen LogP contribution in [-0.2, 0) is 9.59 Å². The fourth-order valence-electron chi connectivity index (χ4n) is 0.241. The maximum atomic E-state index is 10.5. The van der Waals surface area contributed by atoms with Crippen LogP contribution in [0.5, 0.6) is 0 Å². The molecule has 0 aliphatic carbocycles. The first kappa shape index (κ1) is 8.23. The third kappa shape index (κ3) is 2.92.